The molecule has 0 saturated heterocycles. The molecule has 0 bridgehead atoms. The van der Waals surface area contributed by atoms with Gasteiger partial charge >= 0.3 is 0 Å². The zero-order chi connectivity index (χ0) is 7.11. The van der Waals surface area contributed by atoms with Crippen molar-refractivity contribution >= 4 is 0 Å². The number of halogens is 1. The Balaban J connectivity index is 3.43. The molecule has 54 valence electrons. The normalized spacial score (nSPS) is 11.7. The Morgan fingerprint density at radius 3 is 2.78 bits per heavy atom. The van der Waals surface area contributed by atoms with Crippen LogP contribution < -0.4 is 5.32 Å². The van der Waals surface area contributed by atoms with E-state index in [2.05, 4.69) is 5.32 Å². The predicted octanol–water partition coefficient (Wildman–Crippen LogP) is 1.05. The Hall–Kier alpha value is -0.570. The third-order valence-corrected chi connectivity index (χ3v) is 0.802. The highest BCUT2D eigenvalue weighted by Crippen LogP contribution is 1.94. The standard InChI is InChI=1S/C6H12FNO/c1-3-9-6(4-7)5-8-2/h4,8H,3,5H2,1-2H3. The highest BCUT2D eigenvalue weighted by molar-refractivity contribution is 4.88. The summed E-state index contributed by atoms with van der Waals surface area (Å²) < 4.78 is 16.6. The lowest BCUT2D eigenvalue weighted by Gasteiger charge is -2.03. The summed E-state index contributed by atoms with van der Waals surface area (Å²) in [5.41, 5.74) is 0. The van der Waals surface area contributed by atoms with Crippen molar-refractivity contribution < 1.29 is 9.13 Å². The SMILES string of the molecule is CCOC(=CF)CNC. The molecule has 0 aromatic carbocycles. The van der Waals surface area contributed by atoms with Crippen LogP contribution in [-0.2, 0) is 4.74 Å². The molecular formula is C6H12FNO. The summed E-state index contributed by atoms with van der Waals surface area (Å²) in [4.78, 5) is 0. The summed E-state index contributed by atoms with van der Waals surface area (Å²) in [5, 5.41) is 2.77. The van der Waals surface area contributed by atoms with Gasteiger partial charge in [0.2, 0.25) is 0 Å². The molecule has 0 amide bonds. The van der Waals surface area contributed by atoms with Crippen LogP contribution in [-0.4, -0.2) is 20.2 Å². The number of hydrogen-bond acceptors (Lipinski definition) is 2. The smallest absolute Gasteiger partial charge is 0.138 e. The zero-order valence-electron chi connectivity index (χ0n) is 5.78. The van der Waals surface area contributed by atoms with Gasteiger partial charge in [0.25, 0.3) is 0 Å². The van der Waals surface area contributed by atoms with Gasteiger partial charge in [0.05, 0.1) is 13.2 Å². The van der Waals surface area contributed by atoms with E-state index >= 15 is 0 Å². The number of rotatable bonds is 4. The van der Waals surface area contributed by atoms with E-state index < -0.39 is 0 Å². The van der Waals surface area contributed by atoms with Gasteiger partial charge in [-0.05, 0) is 14.0 Å². The van der Waals surface area contributed by atoms with Gasteiger partial charge in [-0.1, -0.05) is 0 Å². The Kier molecular flexibility index (Phi) is 5.21. The average molecular weight is 133 g/mol. The van der Waals surface area contributed by atoms with E-state index in [1.165, 1.54) is 0 Å². The molecule has 0 saturated carbocycles. The van der Waals surface area contributed by atoms with Crippen molar-refractivity contribution in [1.82, 2.24) is 5.32 Å². The van der Waals surface area contributed by atoms with Crippen LogP contribution >= 0.6 is 0 Å². The van der Waals surface area contributed by atoms with Gasteiger partial charge in [0.1, 0.15) is 12.1 Å². The molecule has 9 heavy (non-hydrogen) atoms. The summed E-state index contributed by atoms with van der Waals surface area (Å²) in [6.07, 6.45) is 0.472. The molecule has 1 N–H and O–H groups in total. The predicted molar refractivity (Wildman–Crippen MR) is 34.7 cm³/mol. The highest BCUT2D eigenvalue weighted by Gasteiger charge is 1.92. The third-order valence-electron chi connectivity index (χ3n) is 0.802. The summed E-state index contributed by atoms with van der Waals surface area (Å²) in [5.74, 6) is 0.347. The third kappa shape index (κ3) is 3.97. The molecule has 0 aromatic heterocycles. The van der Waals surface area contributed by atoms with Gasteiger partial charge in [0, 0.05) is 0 Å². The van der Waals surface area contributed by atoms with Crippen molar-refractivity contribution in [3.05, 3.63) is 12.1 Å². The first-order valence-electron chi connectivity index (χ1n) is 2.91. The molecular weight excluding hydrogens is 121 g/mol. The van der Waals surface area contributed by atoms with E-state index in [-0.39, 0.29) is 0 Å². The van der Waals surface area contributed by atoms with Crippen molar-refractivity contribution in [2.24, 2.45) is 0 Å². The second kappa shape index (κ2) is 5.56. The maximum atomic E-state index is 11.7. The Morgan fingerprint density at radius 1 is 1.78 bits per heavy atom. The Morgan fingerprint density at radius 2 is 2.44 bits per heavy atom. The molecule has 0 aliphatic rings. The van der Waals surface area contributed by atoms with Crippen molar-refractivity contribution in [1.29, 1.82) is 0 Å². The van der Waals surface area contributed by atoms with E-state index in [4.69, 9.17) is 4.74 Å². The highest BCUT2D eigenvalue weighted by atomic mass is 19.1. The minimum Gasteiger partial charge on any atom is -0.494 e. The molecule has 0 aliphatic carbocycles. The van der Waals surface area contributed by atoms with Gasteiger partial charge in [0.15, 0.2) is 0 Å². The lowest BCUT2D eigenvalue weighted by atomic mass is 10.5. The fourth-order valence-corrected chi connectivity index (χ4v) is 0.481. The van der Waals surface area contributed by atoms with Gasteiger partial charge in [-0.3, -0.25) is 0 Å². The van der Waals surface area contributed by atoms with Crippen LogP contribution in [0.2, 0.25) is 0 Å². The molecule has 0 unspecified atom stereocenters. The zero-order valence-corrected chi connectivity index (χ0v) is 5.78. The number of likely N-dealkylation sites (N-methyl/N-ethyl adjacent to an activating group) is 1. The average Bonchev–Trinajstić information content (AvgIpc) is 1.88. The number of nitrogens with one attached hydrogen (secondary N) is 1. The van der Waals surface area contributed by atoms with Crippen LogP contribution in [0.25, 0.3) is 0 Å². The van der Waals surface area contributed by atoms with Crippen LogP contribution in [0.5, 0.6) is 0 Å². The minimum absolute atomic E-state index is 0.347. The van der Waals surface area contributed by atoms with Crippen molar-refractivity contribution in [2.45, 2.75) is 6.92 Å². The van der Waals surface area contributed by atoms with Gasteiger partial charge < -0.3 is 10.1 Å². The van der Waals surface area contributed by atoms with E-state index in [1.807, 2.05) is 6.92 Å². The Bertz CT molecular complexity index is 85.1. The van der Waals surface area contributed by atoms with E-state index in [1.54, 1.807) is 7.05 Å². The van der Waals surface area contributed by atoms with E-state index in [9.17, 15) is 4.39 Å². The molecule has 0 aliphatic heterocycles. The number of hydrogen-bond donors (Lipinski definition) is 1. The minimum atomic E-state index is 0.347. The molecule has 0 heterocycles. The van der Waals surface area contributed by atoms with E-state index in [0.29, 0.717) is 25.2 Å². The van der Waals surface area contributed by atoms with Crippen molar-refractivity contribution in [3.63, 3.8) is 0 Å². The summed E-state index contributed by atoms with van der Waals surface area (Å²) in [6.45, 7) is 2.78. The van der Waals surface area contributed by atoms with Crippen LogP contribution in [0.1, 0.15) is 6.92 Å². The van der Waals surface area contributed by atoms with Crippen molar-refractivity contribution in [2.75, 3.05) is 20.2 Å². The van der Waals surface area contributed by atoms with Crippen molar-refractivity contribution in [3.8, 4) is 0 Å². The first kappa shape index (κ1) is 8.43. The monoisotopic (exact) mass is 133 g/mol. The first-order valence-corrected chi connectivity index (χ1v) is 2.91. The fraction of sp³-hybridized carbons (Fsp3) is 0.667. The summed E-state index contributed by atoms with van der Waals surface area (Å²) in [6, 6.07) is 0. The van der Waals surface area contributed by atoms with Crippen LogP contribution in [0.15, 0.2) is 12.1 Å². The first-order chi connectivity index (χ1) is 4.35. The molecule has 0 aromatic rings. The molecule has 0 spiro atoms. The second-order valence-corrected chi connectivity index (χ2v) is 1.54. The molecule has 0 rings (SSSR count). The Labute approximate surface area is 54.7 Å². The molecule has 2 nitrogen and oxygen atoms in total. The topological polar surface area (TPSA) is 21.3 Å². The van der Waals surface area contributed by atoms with Crippen LogP contribution in [0.3, 0.4) is 0 Å². The maximum Gasteiger partial charge on any atom is 0.138 e. The summed E-state index contributed by atoms with van der Waals surface area (Å²) >= 11 is 0. The molecule has 0 radical (unpaired) electrons. The largest absolute Gasteiger partial charge is 0.494 e. The quantitative estimate of drug-likeness (QED) is 0.579. The second-order valence-electron chi connectivity index (χ2n) is 1.54. The molecule has 0 atom stereocenters. The van der Waals surface area contributed by atoms with Crippen LogP contribution in [0, 0.1) is 0 Å². The molecule has 0 fully saturated rings. The van der Waals surface area contributed by atoms with E-state index in [0.717, 1.165) is 0 Å². The van der Waals surface area contributed by atoms with Crippen LogP contribution in [0.4, 0.5) is 4.39 Å². The van der Waals surface area contributed by atoms with Gasteiger partial charge in [-0.25, -0.2) is 4.39 Å². The summed E-state index contributed by atoms with van der Waals surface area (Å²) in [7, 11) is 1.74. The van der Waals surface area contributed by atoms with Gasteiger partial charge in [-0.2, -0.15) is 0 Å². The number of ether oxygens (including phenoxy) is 1. The fourth-order valence-electron chi connectivity index (χ4n) is 0.481. The lowest BCUT2D eigenvalue weighted by Crippen LogP contribution is -2.12. The lowest BCUT2D eigenvalue weighted by molar-refractivity contribution is 0.216. The molecule has 3 heteroatoms. The van der Waals surface area contributed by atoms with Gasteiger partial charge in [-0.15, -0.1) is 0 Å². The maximum absolute atomic E-state index is 11.7.